The van der Waals surface area contributed by atoms with Gasteiger partial charge in [-0.25, -0.2) is 13.2 Å². The number of halogens is 6. The van der Waals surface area contributed by atoms with Crippen molar-refractivity contribution >= 4 is 31.0 Å². The van der Waals surface area contributed by atoms with Gasteiger partial charge in [-0.2, -0.15) is 41.6 Å². The molecule has 1 aromatic heterocycles. The highest BCUT2D eigenvalue weighted by Gasteiger charge is 2.45. The molecule has 6 nitrogen and oxygen atoms in total. The normalized spacial score (nSPS) is 28.9. The molecule has 0 amide bonds. The maximum Gasteiger partial charge on any atom is 0.408 e. The molecule has 0 saturated heterocycles. The number of anilines is 2. The first-order chi connectivity index (χ1) is 14.0. The Morgan fingerprint density at radius 3 is 2.45 bits per heavy atom. The molecule has 2 atom stereocenters. The first kappa shape index (κ1) is 19.2. The van der Waals surface area contributed by atoms with Gasteiger partial charge in [-0.15, -0.1) is 0 Å². The van der Waals surface area contributed by atoms with Crippen LogP contribution in [0.15, 0.2) is 5.83 Å². The minimum absolute atomic E-state index is 0. The highest BCUT2D eigenvalue weighted by Crippen LogP contribution is 2.39. The number of nitrogens with zero attached hydrogens (tertiary/aromatic N) is 3. The molecule has 0 aliphatic heterocycles. The maximum atomic E-state index is 14.7. The van der Waals surface area contributed by atoms with Gasteiger partial charge in [-0.3, -0.25) is 0 Å². The van der Waals surface area contributed by atoms with Crippen LogP contribution in [-0.4, -0.2) is 50.3 Å². The summed E-state index contributed by atoms with van der Waals surface area (Å²) in [5.41, 5.74) is -0.486. The Kier molecular flexibility index (Phi) is 5.66. The molecule has 3 N–H and O–H groups in total. The lowest BCUT2D eigenvalue weighted by molar-refractivity contribution is -0.138. The van der Waals surface area contributed by atoms with Crippen LogP contribution in [0.5, 0.6) is 0 Å². The van der Waals surface area contributed by atoms with Crippen molar-refractivity contribution in [2.24, 2.45) is 0 Å². The fourth-order valence-corrected chi connectivity index (χ4v) is 2.71. The van der Waals surface area contributed by atoms with Gasteiger partial charge in [0, 0.05) is 27.2 Å². The van der Waals surface area contributed by atoms with Crippen LogP contribution in [0.3, 0.4) is 0 Å². The molecule has 13 heteroatoms. The minimum Gasteiger partial charge on any atom is -0.386 e. The van der Waals surface area contributed by atoms with Gasteiger partial charge in [0.2, 0.25) is 11.9 Å². The standard InChI is InChI=1S/C16H19F6N5O.H2S/c1-7(16(20,21)22)23-13-25-12(9-3-2-4-10(28)11(9)17)26-14(27-13)24-8-5-15(18,19)6-8;/h7-8,10,28H,2-6H2,1H3,(H2,23,24,25,26,27);1H2/t7-,10?;/m0./s1/i4D2,10D;. The van der Waals surface area contributed by atoms with Crippen LogP contribution in [0, 0.1) is 0 Å². The van der Waals surface area contributed by atoms with Gasteiger partial charge in [-0.1, -0.05) is 0 Å². The molecule has 0 bridgehead atoms. The monoisotopic (exact) mass is 448 g/mol. The Morgan fingerprint density at radius 2 is 1.86 bits per heavy atom. The van der Waals surface area contributed by atoms with Gasteiger partial charge < -0.3 is 15.7 Å². The number of hydrogen-bond donors (Lipinski definition) is 3. The summed E-state index contributed by atoms with van der Waals surface area (Å²) >= 11 is 0. The molecule has 29 heavy (non-hydrogen) atoms. The average Bonchev–Trinajstić information content (AvgIpc) is 2.57. The Bertz CT molecular complexity index is 893. The number of aliphatic hydroxyl groups is 1. The van der Waals surface area contributed by atoms with Crippen molar-refractivity contribution in [1.82, 2.24) is 15.0 Å². The number of hydrogen-bond acceptors (Lipinski definition) is 6. The Morgan fingerprint density at radius 1 is 1.24 bits per heavy atom. The SMILES string of the molecule is S.[2H]C1([2H])CCC(c2nc(NC3CC(F)(F)C3)nc(N[C@@H](C)C(F)(F)F)n2)=C(F)C1([2H])O. The third-order valence-corrected chi connectivity index (χ3v) is 4.31. The number of nitrogens with one attached hydrogen (secondary N) is 2. The van der Waals surface area contributed by atoms with Crippen molar-refractivity contribution in [2.45, 2.75) is 69.2 Å². The predicted octanol–water partition coefficient (Wildman–Crippen LogP) is 3.78. The second-order valence-electron chi connectivity index (χ2n) is 6.64. The number of alkyl halides is 5. The van der Waals surface area contributed by atoms with E-state index in [9.17, 15) is 31.4 Å². The lowest BCUT2D eigenvalue weighted by Gasteiger charge is -2.35. The van der Waals surface area contributed by atoms with E-state index in [1.165, 1.54) is 0 Å². The minimum atomic E-state index is -4.68. The van der Waals surface area contributed by atoms with Crippen molar-refractivity contribution in [3.8, 4) is 0 Å². The van der Waals surface area contributed by atoms with Gasteiger partial charge in [-0.05, 0) is 26.1 Å². The van der Waals surface area contributed by atoms with Crippen LogP contribution in [0.4, 0.5) is 38.2 Å². The summed E-state index contributed by atoms with van der Waals surface area (Å²) in [5.74, 6) is -6.06. The molecule has 1 aromatic rings. The molecule has 2 aliphatic carbocycles. The van der Waals surface area contributed by atoms with Crippen LogP contribution in [0.1, 0.15) is 48.9 Å². The molecule has 1 fully saturated rings. The molecule has 1 heterocycles. The van der Waals surface area contributed by atoms with Crippen molar-refractivity contribution in [1.29, 1.82) is 0 Å². The van der Waals surface area contributed by atoms with Crippen LogP contribution >= 0.6 is 13.5 Å². The molecule has 1 unspecified atom stereocenters. The highest BCUT2D eigenvalue weighted by molar-refractivity contribution is 7.59. The molecule has 164 valence electrons. The van der Waals surface area contributed by atoms with Crippen molar-refractivity contribution in [3.63, 3.8) is 0 Å². The second-order valence-corrected chi connectivity index (χ2v) is 6.64. The van der Waals surface area contributed by atoms with Crippen LogP contribution in [0.2, 0.25) is 0 Å². The molecule has 0 aromatic carbocycles. The topological polar surface area (TPSA) is 83.0 Å². The van der Waals surface area contributed by atoms with Crippen LogP contribution in [0.25, 0.3) is 5.57 Å². The number of aromatic nitrogens is 3. The van der Waals surface area contributed by atoms with Crippen LogP contribution in [-0.2, 0) is 0 Å². The zero-order valence-electron chi connectivity index (χ0n) is 18.0. The average molecular weight is 448 g/mol. The van der Waals surface area contributed by atoms with E-state index in [1.807, 2.05) is 5.32 Å². The van der Waals surface area contributed by atoms with Crippen LogP contribution < -0.4 is 10.6 Å². The predicted molar refractivity (Wildman–Crippen MR) is 98.8 cm³/mol. The molecule has 2 aliphatic rings. The lowest BCUT2D eigenvalue weighted by Crippen LogP contribution is -2.44. The summed E-state index contributed by atoms with van der Waals surface area (Å²) in [7, 11) is 0. The van der Waals surface area contributed by atoms with Gasteiger partial charge >= 0.3 is 6.18 Å². The summed E-state index contributed by atoms with van der Waals surface area (Å²) in [6.07, 6.45) is -12.5. The molecule has 1 saturated carbocycles. The summed E-state index contributed by atoms with van der Waals surface area (Å²) in [6, 6.07) is -2.89. The fraction of sp³-hybridized carbons (Fsp3) is 0.688. The summed E-state index contributed by atoms with van der Waals surface area (Å²) in [4.78, 5) is 11.3. The molecular weight excluding hydrogens is 424 g/mol. The van der Waals surface area contributed by atoms with E-state index in [1.54, 1.807) is 0 Å². The Hall–Kier alpha value is -1.76. The zero-order chi connectivity index (χ0) is 23.4. The van der Waals surface area contributed by atoms with Crippen molar-refractivity contribution in [2.75, 3.05) is 10.6 Å². The Balaban J connectivity index is 0.00000363. The summed E-state index contributed by atoms with van der Waals surface area (Å²) < 4.78 is 102. The largest absolute Gasteiger partial charge is 0.408 e. The number of allylic oxidation sites excluding steroid dienone is 1. The van der Waals surface area contributed by atoms with Gasteiger partial charge in [0.05, 0.1) is 1.37 Å². The molecule has 0 spiro atoms. The number of rotatable bonds is 5. The first-order valence-electron chi connectivity index (χ1n) is 9.87. The third-order valence-electron chi connectivity index (χ3n) is 4.31. The summed E-state index contributed by atoms with van der Waals surface area (Å²) in [6.45, 7) is 0.778. The van der Waals surface area contributed by atoms with E-state index in [2.05, 4.69) is 20.3 Å². The molecular formula is C16H21F6N5OS. The van der Waals surface area contributed by atoms with Gasteiger partial charge in [0.25, 0.3) is 5.92 Å². The van der Waals surface area contributed by atoms with E-state index in [4.69, 9.17) is 4.11 Å². The molecule has 3 rings (SSSR count). The maximum absolute atomic E-state index is 14.7. The van der Waals surface area contributed by atoms with E-state index < -0.39 is 85.0 Å². The van der Waals surface area contributed by atoms with E-state index in [0.717, 1.165) is 6.92 Å². The molecule has 0 radical (unpaired) electrons. The first-order valence-corrected chi connectivity index (χ1v) is 8.37. The quantitative estimate of drug-likeness (QED) is 0.595. The van der Waals surface area contributed by atoms with Crippen molar-refractivity contribution in [3.05, 3.63) is 11.7 Å². The van der Waals surface area contributed by atoms with Gasteiger partial charge in [0.15, 0.2) is 5.82 Å². The summed E-state index contributed by atoms with van der Waals surface area (Å²) in [5, 5.41) is 14.5. The Labute approximate surface area is 173 Å². The van der Waals surface area contributed by atoms with E-state index in [-0.39, 0.29) is 19.9 Å². The van der Waals surface area contributed by atoms with E-state index in [0.29, 0.717) is 0 Å². The second kappa shape index (κ2) is 8.54. The van der Waals surface area contributed by atoms with Crippen molar-refractivity contribution < 1.29 is 35.6 Å². The zero-order valence-corrected chi connectivity index (χ0v) is 16.0. The van der Waals surface area contributed by atoms with Gasteiger partial charge in [0.1, 0.15) is 17.9 Å². The smallest absolute Gasteiger partial charge is 0.386 e. The van der Waals surface area contributed by atoms with E-state index >= 15 is 0 Å². The lowest BCUT2D eigenvalue weighted by atomic mass is 9.88. The third kappa shape index (κ3) is 5.65. The fourth-order valence-electron chi connectivity index (χ4n) is 2.71. The highest BCUT2D eigenvalue weighted by atomic mass is 32.1.